The van der Waals surface area contributed by atoms with Gasteiger partial charge < -0.3 is 5.11 Å². The van der Waals surface area contributed by atoms with Crippen LogP contribution in [0.3, 0.4) is 0 Å². The molecule has 80 valence electrons. The molecule has 15 heavy (non-hydrogen) atoms. The van der Waals surface area contributed by atoms with Crippen LogP contribution in [0, 0.1) is 0 Å². The molecule has 1 unspecified atom stereocenters. The van der Waals surface area contributed by atoms with Crippen molar-refractivity contribution in [3.63, 3.8) is 0 Å². The summed E-state index contributed by atoms with van der Waals surface area (Å²) in [4.78, 5) is 12.0. The highest BCUT2D eigenvalue weighted by Gasteiger charge is 2.20. The van der Waals surface area contributed by atoms with Gasteiger partial charge in [-0.1, -0.05) is 17.7 Å². The monoisotopic (exact) mass is 242 g/mol. The van der Waals surface area contributed by atoms with E-state index >= 15 is 0 Å². The average molecular weight is 243 g/mol. The summed E-state index contributed by atoms with van der Waals surface area (Å²) < 4.78 is 0. The Hall–Kier alpha value is -0.670. The zero-order chi connectivity index (χ0) is 11.0. The van der Waals surface area contributed by atoms with Gasteiger partial charge >= 0.3 is 5.97 Å². The van der Waals surface area contributed by atoms with Gasteiger partial charge in [-0.3, -0.25) is 4.79 Å². The maximum Gasteiger partial charge on any atom is 0.310 e. The van der Waals surface area contributed by atoms with Crippen molar-refractivity contribution in [2.75, 3.05) is 5.75 Å². The number of halogens is 1. The molecule has 0 aliphatic carbocycles. The quantitative estimate of drug-likeness (QED) is 0.866. The van der Waals surface area contributed by atoms with Crippen LogP contribution in [0.25, 0.3) is 0 Å². The first kappa shape index (κ1) is 10.8. The first-order valence-electron chi connectivity index (χ1n) is 4.77. The van der Waals surface area contributed by atoms with E-state index < -0.39 is 11.9 Å². The zero-order valence-corrected chi connectivity index (χ0v) is 9.86. The number of carboxylic acid groups (broad SMARTS) is 1. The molecule has 1 aliphatic rings. The predicted molar refractivity (Wildman–Crippen MR) is 61.9 cm³/mol. The molecule has 4 heteroatoms. The van der Waals surface area contributed by atoms with Crippen molar-refractivity contribution >= 4 is 29.3 Å². The lowest BCUT2D eigenvalue weighted by Crippen LogP contribution is -2.07. The standard InChI is InChI=1S/C11H11ClO2S/c1-6(11(13)14)8-4-7-2-3-15-10(7)9(12)5-8/h4-6H,2-3H2,1H3,(H,13,14). The molecular weight excluding hydrogens is 232 g/mol. The Kier molecular flexibility index (Phi) is 2.94. The minimum Gasteiger partial charge on any atom is -0.481 e. The number of aliphatic carboxylic acids is 1. The highest BCUT2D eigenvalue weighted by molar-refractivity contribution is 7.99. The van der Waals surface area contributed by atoms with E-state index in [2.05, 4.69) is 0 Å². The summed E-state index contributed by atoms with van der Waals surface area (Å²) in [5, 5.41) is 9.62. The largest absolute Gasteiger partial charge is 0.481 e. The second kappa shape index (κ2) is 4.06. The van der Waals surface area contributed by atoms with Gasteiger partial charge in [0.1, 0.15) is 0 Å². The number of benzene rings is 1. The normalized spacial score (nSPS) is 16.1. The van der Waals surface area contributed by atoms with Crippen LogP contribution in [0.1, 0.15) is 24.0 Å². The van der Waals surface area contributed by atoms with E-state index in [4.69, 9.17) is 16.7 Å². The van der Waals surface area contributed by atoms with Gasteiger partial charge in [0.05, 0.1) is 10.9 Å². The van der Waals surface area contributed by atoms with Crippen LogP contribution in [0.4, 0.5) is 0 Å². The number of hydrogen-bond acceptors (Lipinski definition) is 2. The predicted octanol–water partition coefficient (Wildman–Crippen LogP) is 3.18. The molecule has 2 rings (SSSR count). The molecule has 1 N–H and O–H groups in total. The maximum absolute atomic E-state index is 10.9. The van der Waals surface area contributed by atoms with Crippen LogP contribution in [0.2, 0.25) is 5.02 Å². The highest BCUT2D eigenvalue weighted by atomic mass is 35.5. The van der Waals surface area contributed by atoms with Crippen LogP contribution in [0.15, 0.2) is 17.0 Å². The molecule has 0 saturated carbocycles. The van der Waals surface area contributed by atoms with Crippen LogP contribution >= 0.6 is 23.4 Å². The van der Waals surface area contributed by atoms with E-state index in [0.29, 0.717) is 5.02 Å². The van der Waals surface area contributed by atoms with Crippen molar-refractivity contribution in [1.29, 1.82) is 0 Å². The van der Waals surface area contributed by atoms with E-state index in [1.165, 1.54) is 5.56 Å². The number of carbonyl (C=O) groups is 1. The number of fused-ring (bicyclic) bond motifs is 1. The SMILES string of the molecule is CC(C(=O)O)c1cc(Cl)c2c(c1)CCS2. The van der Waals surface area contributed by atoms with Gasteiger partial charge in [-0.05, 0) is 30.5 Å². The average Bonchev–Trinajstić information content (AvgIpc) is 2.64. The fraction of sp³-hybridized carbons (Fsp3) is 0.364. The lowest BCUT2D eigenvalue weighted by atomic mass is 9.98. The van der Waals surface area contributed by atoms with Gasteiger partial charge in [-0.25, -0.2) is 0 Å². The minimum absolute atomic E-state index is 0.488. The van der Waals surface area contributed by atoms with Crippen molar-refractivity contribution < 1.29 is 9.90 Å². The van der Waals surface area contributed by atoms with Crippen LogP contribution in [-0.2, 0) is 11.2 Å². The minimum atomic E-state index is -0.809. The zero-order valence-electron chi connectivity index (χ0n) is 8.29. The number of thioether (sulfide) groups is 1. The molecule has 0 spiro atoms. The van der Waals surface area contributed by atoms with E-state index in [0.717, 1.165) is 22.6 Å². The molecular formula is C11H11ClO2S. The molecule has 0 fully saturated rings. The van der Waals surface area contributed by atoms with Gasteiger partial charge in [-0.2, -0.15) is 0 Å². The third-order valence-electron chi connectivity index (χ3n) is 2.63. The Morgan fingerprint density at radius 2 is 2.33 bits per heavy atom. The van der Waals surface area contributed by atoms with Crippen molar-refractivity contribution in [2.45, 2.75) is 24.2 Å². The summed E-state index contributed by atoms with van der Waals surface area (Å²) in [5.41, 5.74) is 1.99. The molecule has 2 nitrogen and oxygen atoms in total. The lowest BCUT2D eigenvalue weighted by Gasteiger charge is -2.10. The Labute approximate surface area is 97.6 Å². The van der Waals surface area contributed by atoms with Crippen LogP contribution < -0.4 is 0 Å². The van der Waals surface area contributed by atoms with E-state index in [9.17, 15) is 4.79 Å². The Morgan fingerprint density at radius 3 is 3.00 bits per heavy atom. The third kappa shape index (κ3) is 1.99. The fourth-order valence-electron chi connectivity index (χ4n) is 1.68. The van der Waals surface area contributed by atoms with Crippen molar-refractivity contribution in [3.05, 3.63) is 28.3 Å². The lowest BCUT2D eigenvalue weighted by molar-refractivity contribution is -0.138. The van der Waals surface area contributed by atoms with E-state index in [-0.39, 0.29) is 0 Å². The summed E-state index contributed by atoms with van der Waals surface area (Å²) in [7, 11) is 0. The van der Waals surface area contributed by atoms with Gasteiger partial charge in [0.2, 0.25) is 0 Å². The second-order valence-corrected chi connectivity index (χ2v) is 5.16. The highest BCUT2D eigenvalue weighted by Crippen LogP contribution is 2.39. The third-order valence-corrected chi connectivity index (χ3v) is 4.22. The molecule has 0 amide bonds. The number of carboxylic acids is 1. The van der Waals surface area contributed by atoms with Gasteiger partial charge in [0.15, 0.2) is 0 Å². The summed E-state index contributed by atoms with van der Waals surface area (Å²) in [6.45, 7) is 1.68. The molecule has 0 radical (unpaired) electrons. The molecule has 1 aromatic carbocycles. The molecule has 1 aromatic rings. The topological polar surface area (TPSA) is 37.3 Å². The summed E-state index contributed by atoms with van der Waals surface area (Å²) in [6.07, 6.45) is 0.986. The van der Waals surface area contributed by atoms with E-state index in [1.54, 1.807) is 24.8 Å². The smallest absolute Gasteiger partial charge is 0.310 e. The Morgan fingerprint density at radius 1 is 1.60 bits per heavy atom. The molecule has 0 bridgehead atoms. The van der Waals surface area contributed by atoms with Crippen molar-refractivity contribution in [1.82, 2.24) is 0 Å². The Bertz CT molecular complexity index is 417. The van der Waals surface area contributed by atoms with Crippen LogP contribution in [0.5, 0.6) is 0 Å². The van der Waals surface area contributed by atoms with Gasteiger partial charge in [-0.15, -0.1) is 11.8 Å². The fourth-order valence-corrected chi connectivity index (χ4v) is 3.16. The Balaban J connectivity index is 2.43. The molecule has 1 aliphatic heterocycles. The summed E-state index contributed by atoms with van der Waals surface area (Å²) in [6, 6.07) is 3.75. The number of hydrogen-bond donors (Lipinski definition) is 1. The van der Waals surface area contributed by atoms with Gasteiger partial charge in [0, 0.05) is 10.6 Å². The van der Waals surface area contributed by atoms with Gasteiger partial charge in [0.25, 0.3) is 0 Å². The summed E-state index contributed by atoms with van der Waals surface area (Å²) in [5.74, 6) is -0.255. The molecule has 1 atom stereocenters. The number of rotatable bonds is 2. The number of aryl methyl sites for hydroxylation is 1. The van der Waals surface area contributed by atoms with Crippen molar-refractivity contribution in [2.24, 2.45) is 0 Å². The molecule has 0 aromatic heterocycles. The van der Waals surface area contributed by atoms with Crippen LogP contribution in [-0.4, -0.2) is 16.8 Å². The molecule has 1 heterocycles. The van der Waals surface area contributed by atoms with Crippen molar-refractivity contribution in [3.8, 4) is 0 Å². The molecule has 0 saturated heterocycles. The van der Waals surface area contributed by atoms with E-state index in [1.807, 2.05) is 6.07 Å². The second-order valence-electron chi connectivity index (χ2n) is 3.65. The first-order valence-corrected chi connectivity index (χ1v) is 6.14. The maximum atomic E-state index is 10.9. The summed E-state index contributed by atoms with van der Waals surface area (Å²) >= 11 is 7.85. The first-order chi connectivity index (χ1) is 7.09.